The first-order valence-corrected chi connectivity index (χ1v) is 8.99. The van der Waals surface area contributed by atoms with E-state index in [1.165, 1.54) is 5.56 Å². The maximum Gasteiger partial charge on any atom is 0.219 e. The zero-order valence-corrected chi connectivity index (χ0v) is 15.6. The Morgan fingerprint density at radius 2 is 1.84 bits per heavy atom. The Morgan fingerprint density at radius 1 is 1.20 bits per heavy atom. The van der Waals surface area contributed by atoms with E-state index in [-0.39, 0.29) is 12.0 Å². The summed E-state index contributed by atoms with van der Waals surface area (Å²) in [5, 5.41) is 3.39. The van der Waals surface area contributed by atoms with Crippen LogP contribution in [0.5, 0.6) is 0 Å². The summed E-state index contributed by atoms with van der Waals surface area (Å²) in [5.74, 6) is 1.05. The molecule has 1 saturated heterocycles. The molecule has 2 rings (SSSR count). The van der Waals surface area contributed by atoms with Gasteiger partial charge in [0.15, 0.2) is 5.96 Å². The van der Waals surface area contributed by atoms with Gasteiger partial charge in [0.25, 0.3) is 0 Å². The van der Waals surface area contributed by atoms with E-state index in [4.69, 9.17) is 4.74 Å². The van der Waals surface area contributed by atoms with Crippen molar-refractivity contribution < 1.29 is 9.53 Å². The average molecular weight is 346 g/mol. The predicted molar refractivity (Wildman–Crippen MR) is 101 cm³/mol. The number of ether oxygens (including phenoxy) is 1. The van der Waals surface area contributed by atoms with Gasteiger partial charge in [0, 0.05) is 53.3 Å². The van der Waals surface area contributed by atoms with Crippen molar-refractivity contribution in [1.29, 1.82) is 0 Å². The molecular formula is C19H30N4O2. The lowest BCUT2D eigenvalue weighted by Gasteiger charge is -2.36. The van der Waals surface area contributed by atoms with Crippen molar-refractivity contribution in [3.05, 3.63) is 35.9 Å². The van der Waals surface area contributed by atoms with Crippen LogP contribution in [0.3, 0.4) is 0 Å². The number of nitrogens with one attached hydrogen (secondary N) is 1. The van der Waals surface area contributed by atoms with Crippen LogP contribution in [0.2, 0.25) is 0 Å². The number of hydrogen-bond acceptors (Lipinski definition) is 3. The first kappa shape index (κ1) is 19.2. The maximum absolute atomic E-state index is 11.4. The summed E-state index contributed by atoms with van der Waals surface area (Å²) in [4.78, 5) is 19.8. The third-order valence-electron chi connectivity index (χ3n) is 4.48. The average Bonchev–Trinajstić information content (AvgIpc) is 2.65. The number of benzene rings is 1. The van der Waals surface area contributed by atoms with Crippen LogP contribution in [0.1, 0.15) is 31.9 Å². The number of carbonyl (C=O) groups excluding carboxylic acids is 1. The highest BCUT2D eigenvalue weighted by atomic mass is 16.5. The highest BCUT2D eigenvalue weighted by molar-refractivity contribution is 5.80. The number of carbonyl (C=O) groups is 1. The van der Waals surface area contributed by atoms with Crippen LogP contribution in [0.4, 0.5) is 0 Å². The van der Waals surface area contributed by atoms with Gasteiger partial charge in [-0.15, -0.1) is 0 Å². The van der Waals surface area contributed by atoms with Gasteiger partial charge < -0.3 is 19.9 Å². The van der Waals surface area contributed by atoms with Crippen molar-refractivity contribution >= 4 is 11.9 Å². The zero-order valence-electron chi connectivity index (χ0n) is 15.6. The smallest absolute Gasteiger partial charge is 0.219 e. The molecule has 1 aliphatic rings. The largest absolute Gasteiger partial charge is 0.374 e. The summed E-state index contributed by atoms with van der Waals surface area (Å²) < 4.78 is 5.89. The Morgan fingerprint density at radius 3 is 2.44 bits per heavy atom. The highest BCUT2D eigenvalue weighted by Crippen LogP contribution is 2.15. The lowest BCUT2D eigenvalue weighted by molar-refractivity contribution is -0.130. The van der Waals surface area contributed by atoms with Gasteiger partial charge in [-0.05, 0) is 18.9 Å². The van der Waals surface area contributed by atoms with E-state index in [0.717, 1.165) is 45.1 Å². The molecule has 1 amide bonds. The molecule has 0 radical (unpaired) electrons. The maximum atomic E-state index is 11.4. The highest BCUT2D eigenvalue weighted by Gasteiger charge is 2.20. The van der Waals surface area contributed by atoms with Crippen LogP contribution in [-0.4, -0.2) is 68.0 Å². The van der Waals surface area contributed by atoms with Crippen molar-refractivity contribution in [1.82, 2.24) is 15.1 Å². The normalized spacial score (nSPS) is 16.7. The Hall–Kier alpha value is -2.08. The monoisotopic (exact) mass is 346 g/mol. The van der Waals surface area contributed by atoms with E-state index in [1.54, 1.807) is 14.0 Å². The number of guanidine groups is 1. The van der Waals surface area contributed by atoms with Gasteiger partial charge in [-0.2, -0.15) is 0 Å². The van der Waals surface area contributed by atoms with E-state index in [1.807, 2.05) is 23.1 Å². The summed E-state index contributed by atoms with van der Waals surface area (Å²) in [6.07, 6.45) is 1.03. The molecule has 1 atom stereocenters. The molecule has 1 aliphatic heterocycles. The molecule has 0 unspecified atom stereocenters. The Labute approximate surface area is 150 Å². The number of rotatable bonds is 6. The fourth-order valence-electron chi connectivity index (χ4n) is 2.92. The summed E-state index contributed by atoms with van der Waals surface area (Å²) in [7, 11) is 1.80. The molecular weight excluding hydrogens is 316 g/mol. The first-order valence-electron chi connectivity index (χ1n) is 8.99. The van der Waals surface area contributed by atoms with Crippen LogP contribution in [0, 0.1) is 0 Å². The van der Waals surface area contributed by atoms with E-state index in [9.17, 15) is 4.79 Å². The number of amides is 1. The molecule has 0 aliphatic carbocycles. The van der Waals surface area contributed by atoms with Gasteiger partial charge in [-0.1, -0.05) is 30.3 Å². The van der Waals surface area contributed by atoms with Gasteiger partial charge in [0.2, 0.25) is 5.91 Å². The number of nitrogens with zero attached hydrogens (tertiary/aromatic N) is 3. The first-order chi connectivity index (χ1) is 12.1. The number of aliphatic imine (C=N–C) groups is 1. The number of piperazine rings is 1. The Kier molecular flexibility index (Phi) is 7.73. The summed E-state index contributed by atoms with van der Waals surface area (Å²) >= 11 is 0. The van der Waals surface area contributed by atoms with Crippen molar-refractivity contribution in [2.45, 2.75) is 26.4 Å². The van der Waals surface area contributed by atoms with E-state index in [0.29, 0.717) is 6.61 Å². The third kappa shape index (κ3) is 6.05. The van der Waals surface area contributed by atoms with Gasteiger partial charge >= 0.3 is 0 Å². The molecule has 1 fully saturated rings. The fraction of sp³-hybridized carbons (Fsp3) is 0.579. The molecule has 6 heteroatoms. The minimum absolute atomic E-state index is 0.111. The van der Waals surface area contributed by atoms with Crippen LogP contribution < -0.4 is 5.32 Å². The lowest BCUT2D eigenvalue weighted by Crippen LogP contribution is -2.53. The molecule has 25 heavy (non-hydrogen) atoms. The molecule has 1 heterocycles. The van der Waals surface area contributed by atoms with Crippen LogP contribution in [0.25, 0.3) is 0 Å². The lowest BCUT2D eigenvalue weighted by atomic mass is 10.1. The fourth-order valence-corrected chi connectivity index (χ4v) is 2.92. The van der Waals surface area contributed by atoms with E-state index in [2.05, 4.69) is 34.3 Å². The second-order valence-electron chi connectivity index (χ2n) is 6.24. The molecule has 138 valence electrons. The topological polar surface area (TPSA) is 57.2 Å². The SMILES string of the molecule is CN=C(NCCCO[C@@H](C)c1ccccc1)N1CCN(C(C)=O)CC1. The van der Waals surface area contributed by atoms with E-state index < -0.39 is 0 Å². The predicted octanol–water partition coefficient (Wildman–Crippen LogP) is 1.89. The van der Waals surface area contributed by atoms with Crippen molar-refractivity contribution in [2.24, 2.45) is 4.99 Å². The quantitative estimate of drug-likeness (QED) is 0.486. The molecule has 0 aromatic heterocycles. The van der Waals surface area contributed by atoms with Gasteiger partial charge in [0.05, 0.1) is 6.10 Å². The van der Waals surface area contributed by atoms with Gasteiger partial charge in [0.1, 0.15) is 0 Å². The molecule has 1 aromatic carbocycles. The van der Waals surface area contributed by atoms with Crippen LogP contribution >= 0.6 is 0 Å². The van der Waals surface area contributed by atoms with Crippen molar-refractivity contribution in [2.75, 3.05) is 46.4 Å². The Bertz CT molecular complexity index is 554. The second kappa shape index (κ2) is 10.0. The van der Waals surface area contributed by atoms with Crippen molar-refractivity contribution in [3.63, 3.8) is 0 Å². The summed E-state index contributed by atoms with van der Waals surface area (Å²) in [6.45, 7) is 8.39. The Balaban J connectivity index is 1.64. The molecule has 6 nitrogen and oxygen atoms in total. The zero-order chi connectivity index (χ0) is 18.1. The van der Waals surface area contributed by atoms with Gasteiger partial charge in [-0.25, -0.2) is 0 Å². The summed E-state index contributed by atoms with van der Waals surface area (Å²) in [5.41, 5.74) is 1.20. The molecule has 1 N–H and O–H groups in total. The van der Waals surface area contributed by atoms with Crippen LogP contribution in [-0.2, 0) is 9.53 Å². The van der Waals surface area contributed by atoms with Gasteiger partial charge in [-0.3, -0.25) is 9.79 Å². The third-order valence-corrected chi connectivity index (χ3v) is 4.48. The second-order valence-corrected chi connectivity index (χ2v) is 6.24. The van der Waals surface area contributed by atoms with Crippen molar-refractivity contribution in [3.8, 4) is 0 Å². The van der Waals surface area contributed by atoms with Crippen LogP contribution in [0.15, 0.2) is 35.3 Å². The molecule has 0 bridgehead atoms. The summed E-state index contributed by atoms with van der Waals surface area (Å²) in [6, 6.07) is 10.3. The van der Waals surface area contributed by atoms with E-state index >= 15 is 0 Å². The molecule has 1 aromatic rings. The standard InChI is InChI=1S/C19H30N4O2/c1-16(18-8-5-4-6-9-18)25-15-7-10-21-19(20-3)23-13-11-22(12-14-23)17(2)24/h4-6,8-9,16H,7,10-15H2,1-3H3,(H,20,21)/t16-/m0/s1. The molecule has 0 saturated carbocycles. The molecule has 0 spiro atoms. The minimum atomic E-state index is 0.111. The minimum Gasteiger partial charge on any atom is -0.374 e. The number of hydrogen-bond donors (Lipinski definition) is 1.